The molecule has 0 radical (unpaired) electrons. The van der Waals surface area contributed by atoms with Crippen LogP contribution in [0.25, 0.3) is 0 Å². The zero-order valence-electron chi connectivity index (χ0n) is 12.9. The minimum absolute atomic E-state index is 0.0920. The van der Waals surface area contributed by atoms with Gasteiger partial charge in [0.25, 0.3) is 0 Å². The fourth-order valence-corrected chi connectivity index (χ4v) is 2.67. The highest BCUT2D eigenvalue weighted by molar-refractivity contribution is 5.83. The van der Waals surface area contributed by atoms with Crippen LogP contribution in [0.1, 0.15) is 31.7 Å². The Labute approximate surface area is 130 Å². The first-order valence-electron chi connectivity index (χ1n) is 7.72. The zero-order chi connectivity index (χ0) is 15.9. The quantitative estimate of drug-likeness (QED) is 0.876. The smallest absolute Gasteiger partial charge is 0.326 e. The van der Waals surface area contributed by atoms with Crippen LogP contribution in [-0.4, -0.2) is 41.1 Å². The van der Waals surface area contributed by atoms with E-state index in [0.717, 1.165) is 18.4 Å². The number of carboxylic acids is 1. The molecule has 1 aliphatic rings. The summed E-state index contributed by atoms with van der Waals surface area (Å²) in [7, 11) is 0. The van der Waals surface area contributed by atoms with Gasteiger partial charge in [0.05, 0.1) is 0 Å². The molecule has 1 heterocycles. The first kappa shape index (κ1) is 16.5. The molecule has 5 nitrogen and oxygen atoms in total. The molecular weight excluding hydrogens is 282 g/mol. The Kier molecular flexibility index (Phi) is 5.95. The minimum atomic E-state index is -0.976. The van der Waals surface area contributed by atoms with Crippen LogP contribution in [0.4, 0.5) is 0 Å². The Hall–Kier alpha value is -1.88. The van der Waals surface area contributed by atoms with Gasteiger partial charge in [-0.3, -0.25) is 4.79 Å². The molecule has 120 valence electrons. The van der Waals surface area contributed by atoms with Crippen molar-refractivity contribution >= 4 is 11.9 Å². The molecule has 2 rings (SSSR count). The zero-order valence-corrected chi connectivity index (χ0v) is 12.9. The van der Waals surface area contributed by atoms with Crippen LogP contribution in [-0.2, 0) is 20.9 Å². The van der Waals surface area contributed by atoms with E-state index < -0.39 is 12.0 Å². The molecule has 5 heteroatoms. The van der Waals surface area contributed by atoms with E-state index >= 15 is 0 Å². The number of carboxylic acid groups (broad SMARTS) is 1. The number of rotatable bonds is 6. The van der Waals surface area contributed by atoms with Gasteiger partial charge in [-0.1, -0.05) is 30.3 Å². The van der Waals surface area contributed by atoms with Gasteiger partial charge in [0.15, 0.2) is 0 Å². The summed E-state index contributed by atoms with van der Waals surface area (Å²) in [5.41, 5.74) is 0.941. The van der Waals surface area contributed by atoms with Gasteiger partial charge in [0, 0.05) is 26.2 Å². The summed E-state index contributed by atoms with van der Waals surface area (Å²) in [4.78, 5) is 25.4. The maximum absolute atomic E-state index is 12.6. The number of benzene rings is 1. The Morgan fingerprint density at radius 3 is 2.50 bits per heavy atom. The molecule has 1 aromatic rings. The highest BCUT2D eigenvalue weighted by Crippen LogP contribution is 2.21. The van der Waals surface area contributed by atoms with E-state index in [1.165, 1.54) is 4.90 Å². The summed E-state index contributed by atoms with van der Waals surface area (Å²) in [6.45, 7) is 3.26. The number of carbonyl (C=O) groups is 2. The van der Waals surface area contributed by atoms with E-state index in [0.29, 0.717) is 32.1 Å². The second-order valence-electron chi connectivity index (χ2n) is 5.78. The largest absolute Gasteiger partial charge is 0.480 e. The van der Waals surface area contributed by atoms with Crippen molar-refractivity contribution in [3.8, 4) is 0 Å². The van der Waals surface area contributed by atoms with Gasteiger partial charge >= 0.3 is 5.97 Å². The van der Waals surface area contributed by atoms with Crippen molar-refractivity contribution in [1.29, 1.82) is 0 Å². The summed E-state index contributed by atoms with van der Waals surface area (Å²) in [6.07, 6.45) is 2.13. The molecule has 1 aromatic carbocycles. The Morgan fingerprint density at radius 2 is 1.91 bits per heavy atom. The number of aliphatic carboxylic acids is 1. The van der Waals surface area contributed by atoms with E-state index in [-0.39, 0.29) is 5.91 Å². The molecule has 1 fully saturated rings. The highest BCUT2D eigenvalue weighted by Gasteiger charge is 2.28. The number of hydrogen-bond acceptors (Lipinski definition) is 3. The summed E-state index contributed by atoms with van der Waals surface area (Å²) >= 11 is 0. The normalized spacial score (nSPS) is 17.0. The number of nitrogens with zero attached hydrogens (tertiary/aromatic N) is 1. The Bertz CT molecular complexity index is 497. The van der Waals surface area contributed by atoms with Crippen LogP contribution < -0.4 is 0 Å². The Balaban J connectivity index is 2.05. The molecule has 1 saturated heterocycles. The monoisotopic (exact) mass is 305 g/mol. The third-order valence-electron chi connectivity index (χ3n) is 4.15. The lowest BCUT2D eigenvalue weighted by atomic mass is 9.95. The summed E-state index contributed by atoms with van der Waals surface area (Å²) < 4.78 is 5.30. The first-order valence-corrected chi connectivity index (χ1v) is 7.72. The van der Waals surface area contributed by atoms with Gasteiger partial charge in [0.2, 0.25) is 5.91 Å². The lowest BCUT2D eigenvalue weighted by Crippen LogP contribution is -2.43. The number of amides is 1. The Morgan fingerprint density at radius 1 is 1.27 bits per heavy atom. The topological polar surface area (TPSA) is 66.8 Å². The van der Waals surface area contributed by atoms with E-state index in [1.807, 2.05) is 30.3 Å². The third-order valence-corrected chi connectivity index (χ3v) is 4.15. The molecular formula is C17H23NO4. The SMILES string of the molecule is CC(C(=O)O)N(Cc1ccccc1)C(=O)CC1CCOCC1. The predicted octanol–water partition coefficient (Wildman–Crippen LogP) is 2.31. The average molecular weight is 305 g/mol. The highest BCUT2D eigenvalue weighted by atomic mass is 16.5. The van der Waals surface area contributed by atoms with Gasteiger partial charge in [-0.2, -0.15) is 0 Å². The second kappa shape index (κ2) is 7.94. The maximum Gasteiger partial charge on any atom is 0.326 e. The van der Waals surface area contributed by atoms with E-state index in [4.69, 9.17) is 4.74 Å². The molecule has 0 saturated carbocycles. The fourth-order valence-electron chi connectivity index (χ4n) is 2.67. The van der Waals surface area contributed by atoms with Crippen molar-refractivity contribution in [2.75, 3.05) is 13.2 Å². The number of carbonyl (C=O) groups excluding carboxylic acids is 1. The van der Waals surface area contributed by atoms with Crippen LogP contribution in [0.2, 0.25) is 0 Å². The van der Waals surface area contributed by atoms with Crippen LogP contribution in [0.3, 0.4) is 0 Å². The molecule has 1 unspecified atom stereocenters. The number of ether oxygens (including phenoxy) is 1. The average Bonchev–Trinajstić information content (AvgIpc) is 2.53. The van der Waals surface area contributed by atoms with Crippen molar-refractivity contribution in [2.45, 2.75) is 38.8 Å². The molecule has 1 N–H and O–H groups in total. The maximum atomic E-state index is 12.6. The van der Waals surface area contributed by atoms with Gasteiger partial charge < -0.3 is 14.7 Å². The molecule has 22 heavy (non-hydrogen) atoms. The summed E-state index contributed by atoms with van der Waals surface area (Å²) in [5, 5.41) is 9.27. The lowest BCUT2D eigenvalue weighted by molar-refractivity contribution is -0.150. The molecule has 1 amide bonds. The lowest BCUT2D eigenvalue weighted by Gasteiger charge is -2.29. The first-order chi connectivity index (χ1) is 10.6. The number of hydrogen-bond donors (Lipinski definition) is 1. The second-order valence-corrected chi connectivity index (χ2v) is 5.78. The fraction of sp³-hybridized carbons (Fsp3) is 0.529. The summed E-state index contributed by atoms with van der Waals surface area (Å²) in [5.74, 6) is -0.776. The van der Waals surface area contributed by atoms with Crippen LogP contribution in [0.5, 0.6) is 0 Å². The van der Waals surface area contributed by atoms with E-state index in [9.17, 15) is 14.7 Å². The van der Waals surface area contributed by atoms with Gasteiger partial charge in [-0.15, -0.1) is 0 Å². The van der Waals surface area contributed by atoms with Crippen LogP contribution in [0, 0.1) is 5.92 Å². The minimum Gasteiger partial charge on any atom is -0.480 e. The molecule has 0 spiro atoms. The van der Waals surface area contributed by atoms with Crippen LogP contribution in [0.15, 0.2) is 30.3 Å². The van der Waals surface area contributed by atoms with Crippen LogP contribution >= 0.6 is 0 Å². The predicted molar refractivity (Wildman–Crippen MR) is 82.2 cm³/mol. The van der Waals surface area contributed by atoms with Crippen molar-refractivity contribution in [2.24, 2.45) is 5.92 Å². The van der Waals surface area contributed by atoms with E-state index in [1.54, 1.807) is 6.92 Å². The molecule has 1 atom stereocenters. The molecule has 0 aliphatic carbocycles. The van der Waals surface area contributed by atoms with Gasteiger partial charge in [-0.25, -0.2) is 4.79 Å². The third kappa shape index (κ3) is 4.56. The van der Waals surface area contributed by atoms with Gasteiger partial charge in [-0.05, 0) is 31.2 Å². The van der Waals surface area contributed by atoms with Crippen molar-refractivity contribution < 1.29 is 19.4 Å². The molecule has 1 aliphatic heterocycles. The van der Waals surface area contributed by atoms with Crippen molar-refractivity contribution in [3.05, 3.63) is 35.9 Å². The van der Waals surface area contributed by atoms with Crippen molar-refractivity contribution in [1.82, 2.24) is 4.90 Å². The van der Waals surface area contributed by atoms with Gasteiger partial charge in [0.1, 0.15) is 6.04 Å². The molecule has 0 bridgehead atoms. The molecule has 0 aromatic heterocycles. The van der Waals surface area contributed by atoms with E-state index in [2.05, 4.69) is 0 Å². The standard InChI is InChI=1S/C17H23NO4/c1-13(17(20)21)18(12-15-5-3-2-4-6-15)16(19)11-14-7-9-22-10-8-14/h2-6,13-14H,7-12H2,1H3,(H,20,21). The van der Waals surface area contributed by atoms with Crippen molar-refractivity contribution in [3.63, 3.8) is 0 Å². The summed E-state index contributed by atoms with van der Waals surface area (Å²) in [6, 6.07) is 8.67.